The van der Waals surface area contributed by atoms with Gasteiger partial charge in [0.15, 0.2) is 5.82 Å². The summed E-state index contributed by atoms with van der Waals surface area (Å²) in [6.45, 7) is 0. The van der Waals surface area contributed by atoms with E-state index in [0.717, 1.165) is 0 Å². The van der Waals surface area contributed by atoms with E-state index in [2.05, 4.69) is 21.3 Å². The molecule has 0 atom stereocenters. The third-order valence-electron chi connectivity index (χ3n) is 1.90. The molecule has 0 saturated carbocycles. The Bertz CT molecular complexity index is 465. The average Bonchev–Trinajstić information content (AvgIpc) is 2.38. The Kier molecular flexibility index (Phi) is 3.23. The normalized spacial score (nSPS) is 10.6. The van der Waals surface area contributed by atoms with Gasteiger partial charge in [-0.2, -0.15) is 0 Å². The lowest BCUT2D eigenvalue weighted by molar-refractivity contribution is 0.414. The lowest BCUT2D eigenvalue weighted by Crippen LogP contribution is -1.80. The Morgan fingerprint density at radius 1 is 1.19 bits per heavy atom. The highest BCUT2D eigenvalue weighted by Gasteiger charge is 1.93. The van der Waals surface area contributed by atoms with Crippen LogP contribution in [0.2, 0.25) is 0 Å². The minimum absolute atomic E-state index is 0.582. The molecule has 4 heteroatoms. The molecule has 0 saturated heterocycles. The molecule has 4 nitrogen and oxygen atoms in total. The van der Waals surface area contributed by atoms with Crippen LogP contribution in [-0.4, -0.2) is 12.1 Å². The molecule has 0 fully saturated rings. The fraction of sp³-hybridized carbons (Fsp3) is 0.0833. The fourth-order valence-corrected chi connectivity index (χ4v) is 1.11. The maximum atomic E-state index is 4.99. The molecule has 2 rings (SSSR count). The standard InChI is InChI=1S/C12H10N3O/c1-16-11-7-5-10(6-8-11)14-15-12-4-2-3-9-13-12/h2-7,9H,1H3/b15-14+. The van der Waals surface area contributed by atoms with Crippen LogP contribution in [0.15, 0.2) is 52.8 Å². The first-order chi connectivity index (χ1) is 7.88. The average molecular weight is 212 g/mol. The minimum atomic E-state index is 0.582. The number of aromatic nitrogens is 1. The van der Waals surface area contributed by atoms with E-state index in [9.17, 15) is 0 Å². The molecule has 1 aromatic heterocycles. The summed E-state index contributed by atoms with van der Waals surface area (Å²) in [6, 6.07) is 13.7. The molecule has 1 aromatic carbocycles. The molecule has 0 unspecified atom stereocenters. The largest absolute Gasteiger partial charge is 0.496 e. The number of pyridine rings is 1. The van der Waals surface area contributed by atoms with Crippen molar-refractivity contribution in [2.24, 2.45) is 10.2 Å². The third kappa shape index (κ3) is 2.63. The number of hydrogen-bond acceptors (Lipinski definition) is 4. The van der Waals surface area contributed by atoms with Crippen LogP contribution < -0.4 is 4.74 Å². The number of rotatable bonds is 3. The maximum absolute atomic E-state index is 4.99. The molecular weight excluding hydrogens is 202 g/mol. The van der Waals surface area contributed by atoms with Gasteiger partial charge in [0.1, 0.15) is 5.75 Å². The van der Waals surface area contributed by atoms with Crippen LogP contribution in [0, 0.1) is 6.07 Å². The quantitative estimate of drug-likeness (QED) is 0.733. The summed E-state index contributed by atoms with van der Waals surface area (Å²) in [7, 11) is 1.60. The predicted octanol–water partition coefficient (Wildman–Crippen LogP) is 3.31. The zero-order chi connectivity index (χ0) is 11.2. The zero-order valence-electron chi connectivity index (χ0n) is 8.79. The molecule has 79 valence electrons. The molecule has 16 heavy (non-hydrogen) atoms. The van der Waals surface area contributed by atoms with Crippen LogP contribution in [0.25, 0.3) is 0 Å². The topological polar surface area (TPSA) is 46.8 Å². The van der Waals surface area contributed by atoms with Crippen molar-refractivity contribution in [3.05, 3.63) is 48.7 Å². The Labute approximate surface area is 93.6 Å². The van der Waals surface area contributed by atoms with Crippen molar-refractivity contribution < 1.29 is 4.74 Å². The van der Waals surface area contributed by atoms with Gasteiger partial charge in [-0.3, -0.25) is 0 Å². The van der Waals surface area contributed by atoms with Gasteiger partial charge in [-0.15, -0.1) is 10.2 Å². The van der Waals surface area contributed by atoms with E-state index in [1.54, 1.807) is 31.5 Å². The van der Waals surface area contributed by atoms with Gasteiger partial charge < -0.3 is 4.74 Å². The number of benzene rings is 1. The highest BCUT2D eigenvalue weighted by atomic mass is 16.5. The first-order valence-electron chi connectivity index (χ1n) is 4.77. The molecule has 1 radical (unpaired) electrons. The summed E-state index contributed by atoms with van der Waals surface area (Å²) >= 11 is 0. The number of methoxy groups -OCH3 is 1. The van der Waals surface area contributed by atoms with E-state index in [1.807, 2.05) is 18.2 Å². The Balaban J connectivity index is 2.12. The second kappa shape index (κ2) is 5.02. The summed E-state index contributed by atoms with van der Waals surface area (Å²) in [5.41, 5.74) is 0.714. The van der Waals surface area contributed by atoms with E-state index in [-0.39, 0.29) is 0 Å². The fourth-order valence-electron chi connectivity index (χ4n) is 1.11. The lowest BCUT2D eigenvalue weighted by Gasteiger charge is -1.97. The maximum Gasteiger partial charge on any atom is 0.174 e. The number of azo groups is 1. The van der Waals surface area contributed by atoms with E-state index >= 15 is 0 Å². The third-order valence-corrected chi connectivity index (χ3v) is 1.90. The highest BCUT2D eigenvalue weighted by molar-refractivity contribution is 5.40. The van der Waals surface area contributed by atoms with Crippen LogP contribution in [0.4, 0.5) is 11.5 Å². The number of hydrogen-bond donors (Lipinski definition) is 0. The highest BCUT2D eigenvalue weighted by Crippen LogP contribution is 2.19. The van der Waals surface area contributed by atoms with E-state index in [0.29, 0.717) is 17.3 Å². The van der Waals surface area contributed by atoms with E-state index < -0.39 is 0 Å². The van der Waals surface area contributed by atoms with Crippen molar-refractivity contribution in [1.29, 1.82) is 0 Å². The van der Waals surface area contributed by atoms with Gasteiger partial charge in [0.25, 0.3) is 0 Å². The van der Waals surface area contributed by atoms with Crippen LogP contribution in [0.5, 0.6) is 5.75 Å². The Hall–Kier alpha value is -2.23. The molecule has 1 heterocycles. The molecular formula is C12H10N3O. The molecule has 0 aliphatic carbocycles. The van der Waals surface area contributed by atoms with Gasteiger partial charge in [-0.1, -0.05) is 6.07 Å². The minimum Gasteiger partial charge on any atom is -0.496 e. The summed E-state index contributed by atoms with van der Waals surface area (Å²) in [5.74, 6) is 1.26. The predicted molar refractivity (Wildman–Crippen MR) is 60.2 cm³/mol. The van der Waals surface area contributed by atoms with Gasteiger partial charge in [0, 0.05) is 12.3 Å². The molecule has 2 aromatic rings. The zero-order valence-corrected chi connectivity index (χ0v) is 8.79. The van der Waals surface area contributed by atoms with Crippen LogP contribution >= 0.6 is 0 Å². The summed E-state index contributed by atoms with van der Waals surface area (Å²) in [4.78, 5) is 4.03. The SMILES string of the molecule is COc1[c]cc(/N=N/c2ccccn2)cc1. The number of nitrogens with zero attached hydrogens (tertiary/aromatic N) is 3. The molecule has 0 aliphatic rings. The lowest BCUT2D eigenvalue weighted by atomic mass is 10.3. The van der Waals surface area contributed by atoms with Crippen molar-refractivity contribution in [2.75, 3.05) is 7.11 Å². The van der Waals surface area contributed by atoms with Gasteiger partial charge in [-0.25, -0.2) is 4.98 Å². The molecule has 0 spiro atoms. The van der Waals surface area contributed by atoms with Crippen LogP contribution in [0.1, 0.15) is 0 Å². The van der Waals surface area contributed by atoms with Gasteiger partial charge >= 0.3 is 0 Å². The van der Waals surface area contributed by atoms with Gasteiger partial charge in [0.2, 0.25) is 0 Å². The number of ether oxygens (including phenoxy) is 1. The summed E-state index contributed by atoms with van der Waals surface area (Å²) < 4.78 is 4.99. The van der Waals surface area contributed by atoms with Gasteiger partial charge in [0.05, 0.1) is 12.8 Å². The van der Waals surface area contributed by atoms with Crippen molar-refractivity contribution in [3.63, 3.8) is 0 Å². The van der Waals surface area contributed by atoms with E-state index in [4.69, 9.17) is 4.74 Å². The van der Waals surface area contributed by atoms with Crippen molar-refractivity contribution in [3.8, 4) is 5.75 Å². The van der Waals surface area contributed by atoms with Crippen LogP contribution in [0.3, 0.4) is 0 Å². The molecule has 0 N–H and O–H groups in total. The van der Waals surface area contributed by atoms with E-state index in [1.165, 1.54) is 0 Å². The van der Waals surface area contributed by atoms with Crippen molar-refractivity contribution >= 4 is 11.5 Å². The summed E-state index contributed by atoms with van der Waals surface area (Å²) in [6.07, 6.45) is 1.68. The van der Waals surface area contributed by atoms with Crippen molar-refractivity contribution in [1.82, 2.24) is 4.98 Å². The summed E-state index contributed by atoms with van der Waals surface area (Å²) in [5, 5.41) is 8.01. The second-order valence-electron chi connectivity index (χ2n) is 3.00. The smallest absolute Gasteiger partial charge is 0.174 e. The molecule has 0 bridgehead atoms. The molecule has 0 aliphatic heterocycles. The molecule has 0 amide bonds. The first-order valence-corrected chi connectivity index (χ1v) is 4.77. The Morgan fingerprint density at radius 2 is 2.12 bits per heavy atom. The monoisotopic (exact) mass is 212 g/mol. The Morgan fingerprint density at radius 3 is 2.75 bits per heavy atom. The first kappa shape index (κ1) is 10.3. The van der Waals surface area contributed by atoms with Gasteiger partial charge in [-0.05, 0) is 30.3 Å². The van der Waals surface area contributed by atoms with Crippen LogP contribution in [-0.2, 0) is 0 Å². The van der Waals surface area contributed by atoms with Crippen molar-refractivity contribution in [2.45, 2.75) is 0 Å². The second-order valence-corrected chi connectivity index (χ2v) is 3.00.